The summed E-state index contributed by atoms with van der Waals surface area (Å²) in [5.74, 6) is 0. The molecule has 0 N–H and O–H groups in total. The van der Waals surface area contributed by atoms with Crippen LogP contribution in [0.15, 0.2) is 84.5 Å². The van der Waals surface area contributed by atoms with Gasteiger partial charge in [0.05, 0.1) is 6.10 Å². The largest absolute Gasteiger partial charge is 0.377 e. The number of hydrogen-bond acceptors (Lipinski definition) is 1. The first kappa shape index (κ1) is 15.2. The second-order valence-corrected chi connectivity index (χ2v) is 7.74. The van der Waals surface area contributed by atoms with Crippen molar-refractivity contribution < 1.29 is 4.74 Å². The lowest BCUT2D eigenvalue weighted by Crippen LogP contribution is -2.25. The van der Waals surface area contributed by atoms with Gasteiger partial charge in [0.15, 0.2) is 0 Å². The fourth-order valence-electron chi connectivity index (χ4n) is 2.88. The molecule has 0 saturated heterocycles. The molecule has 2 heteroatoms. The molecule has 22 heavy (non-hydrogen) atoms. The van der Waals surface area contributed by atoms with E-state index in [0.29, 0.717) is 5.66 Å². The maximum atomic E-state index is 5.59. The molecular formula is C20H21OP. The molecule has 1 nitrogen and oxygen atoms in total. The van der Waals surface area contributed by atoms with E-state index in [4.69, 9.17) is 4.74 Å². The smallest absolute Gasteiger partial charge is 0.0765 e. The summed E-state index contributed by atoms with van der Waals surface area (Å²) in [5, 5.41) is 2.82. The van der Waals surface area contributed by atoms with Gasteiger partial charge in [0, 0.05) is 12.8 Å². The van der Waals surface area contributed by atoms with Gasteiger partial charge >= 0.3 is 0 Å². The van der Waals surface area contributed by atoms with Gasteiger partial charge in [0.2, 0.25) is 0 Å². The highest BCUT2D eigenvalue weighted by atomic mass is 31.1. The summed E-state index contributed by atoms with van der Waals surface area (Å²) in [4.78, 5) is 0. The zero-order valence-corrected chi connectivity index (χ0v) is 13.9. The van der Waals surface area contributed by atoms with Crippen LogP contribution in [0.2, 0.25) is 0 Å². The van der Waals surface area contributed by atoms with Crippen molar-refractivity contribution in [2.75, 3.05) is 7.11 Å². The number of rotatable bonds is 5. The van der Waals surface area contributed by atoms with Crippen molar-refractivity contribution in [1.82, 2.24) is 0 Å². The Morgan fingerprint density at radius 3 is 1.95 bits per heavy atom. The molecule has 0 aromatic heterocycles. The number of allylic oxidation sites excluding steroid dienone is 3. The molecule has 0 unspecified atom stereocenters. The van der Waals surface area contributed by atoms with Crippen LogP contribution in [0.3, 0.4) is 0 Å². The second kappa shape index (κ2) is 7.05. The van der Waals surface area contributed by atoms with E-state index >= 15 is 0 Å². The minimum atomic E-state index is -0.465. The number of methoxy groups -OCH3 is 1. The van der Waals surface area contributed by atoms with Crippen LogP contribution in [0.1, 0.15) is 6.92 Å². The Bertz CT molecular complexity index is 621. The maximum absolute atomic E-state index is 5.59. The molecule has 0 bridgehead atoms. The van der Waals surface area contributed by atoms with Crippen LogP contribution in [0.4, 0.5) is 0 Å². The standard InChI is InChI=1S/C20H21OP/c1-16(21-2)19-14-9-15-20(19)22(17-10-5-3-6-11-17)18-12-7-4-8-13-18/h3-16,20H,1-2H3/t16-,20-/m0/s1. The summed E-state index contributed by atoms with van der Waals surface area (Å²) in [6.45, 7) is 2.13. The van der Waals surface area contributed by atoms with Gasteiger partial charge in [0.25, 0.3) is 0 Å². The van der Waals surface area contributed by atoms with Gasteiger partial charge in [0.1, 0.15) is 0 Å². The van der Waals surface area contributed by atoms with E-state index in [9.17, 15) is 0 Å². The maximum Gasteiger partial charge on any atom is 0.0765 e. The summed E-state index contributed by atoms with van der Waals surface area (Å²) in [7, 11) is 1.32. The zero-order valence-electron chi connectivity index (χ0n) is 13.0. The topological polar surface area (TPSA) is 9.23 Å². The van der Waals surface area contributed by atoms with Crippen LogP contribution < -0.4 is 10.6 Å². The Hall–Kier alpha value is -1.69. The third-order valence-corrected chi connectivity index (χ3v) is 6.83. The molecule has 112 valence electrons. The van der Waals surface area contributed by atoms with Gasteiger partial charge in [-0.25, -0.2) is 0 Å². The third-order valence-electron chi connectivity index (χ3n) is 4.09. The van der Waals surface area contributed by atoms with Crippen molar-refractivity contribution in [1.29, 1.82) is 0 Å². The SMILES string of the molecule is CO[C@@H](C)C1=CC=C[C@@H]1P(c1ccccc1)c1ccccc1. The van der Waals surface area contributed by atoms with E-state index in [2.05, 4.69) is 85.8 Å². The average molecular weight is 308 g/mol. The third kappa shape index (κ3) is 3.06. The Balaban J connectivity index is 2.03. The molecule has 0 fully saturated rings. The highest BCUT2D eigenvalue weighted by Crippen LogP contribution is 2.46. The Kier molecular flexibility index (Phi) is 4.87. The Morgan fingerprint density at radius 1 is 0.909 bits per heavy atom. The van der Waals surface area contributed by atoms with Crippen molar-refractivity contribution in [2.45, 2.75) is 18.7 Å². The summed E-state index contributed by atoms with van der Waals surface area (Å²) >= 11 is 0. The molecule has 1 aliphatic rings. The van der Waals surface area contributed by atoms with Crippen molar-refractivity contribution >= 4 is 18.5 Å². The summed E-state index contributed by atoms with van der Waals surface area (Å²) < 4.78 is 5.59. The second-order valence-electron chi connectivity index (χ2n) is 5.42. The highest BCUT2D eigenvalue weighted by molar-refractivity contribution is 7.74. The average Bonchev–Trinajstić information content (AvgIpc) is 3.06. The van der Waals surface area contributed by atoms with Crippen LogP contribution in [-0.2, 0) is 4.74 Å². The molecular weight excluding hydrogens is 287 g/mol. The molecule has 2 aromatic rings. The zero-order chi connectivity index (χ0) is 15.4. The minimum absolute atomic E-state index is 0.150. The van der Waals surface area contributed by atoms with Crippen molar-refractivity contribution in [3.63, 3.8) is 0 Å². The van der Waals surface area contributed by atoms with Crippen LogP contribution in [0.25, 0.3) is 0 Å². The van der Waals surface area contributed by atoms with Gasteiger partial charge in [-0.15, -0.1) is 0 Å². The summed E-state index contributed by atoms with van der Waals surface area (Å²) in [5.41, 5.74) is 1.79. The fraction of sp³-hybridized carbons (Fsp3) is 0.200. The van der Waals surface area contributed by atoms with Crippen molar-refractivity contribution in [3.8, 4) is 0 Å². The van der Waals surface area contributed by atoms with Crippen molar-refractivity contribution in [3.05, 3.63) is 84.5 Å². The molecule has 2 atom stereocenters. The first-order valence-electron chi connectivity index (χ1n) is 7.61. The van der Waals surface area contributed by atoms with E-state index in [1.807, 2.05) is 0 Å². The Labute approximate surface area is 134 Å². The number of ether oxygens (including phenoxy) is 1. The normalized spacial score (nSPS) is 18.5. The lowest BCUT2D eigenvalue weighted by atomic mass is 10.1. The summed E-state index contributed by atoms with van der Waals surface area (Å²) in [6.07, 6.45) is 6.88. The van der Waals surface area contributed by atoms with Crippen LogP contribution in [-0.4, -0.2) is 18.9 Å². The fourth-order valence-corrected chi connectivity index (χ4v) is 5.67. The lowest BCUT2D eigenvalue weighted by Gasteiger charge is -2.29. The van der Waals surface area contributed by atoms with Gasteiger partial charge in [-0.05, 0) is 31.0 Å². The number of hydrogen-bond donors (Lipinski definition) is 0. The van der Waals surface area contributed by atoms with Crippen LogP contribution in [0, 0.1) is 0 Å². The van der Waals surface area contributed by atoms with E-state index in [-0.39, 0.29) is 6.10 Å². The van der Waals surface area contributed by atoms with Gasteiger partial charge in [-0.1, -0.05) is 78.9 Å². The first-order chi connectivity index (χ1) is 10.8. The van der Waals surface area contributed by atoms with E-state index < -0.39 is 7.92 Å². The quantitative estimate of drug-likeness (QED) is 0.758. The van der Waals surface area contributed by atoms with E-state index in [0.717, 1.165) is 0 Å². The lowest BCUT2D eigenvalue weighted by molar-refractivity contribution is 0.146. The summed E-state index contributed by atoms with van der Waals surface area (Å²) in [6, 6.07) is 21.7. The van der Waals surface area contributed by atoms with Crippen molar-refractivity contribution in [2.24, 2.45) is 0 Å². The molecule has 3 rings (SSSR count). The molecule has 0 spiro atoms. The molecule has 0 aliphatic heterocycles. The van der Waals surface area contributed by atoms with Gasteiger partial charge in [-0.2, -0.15) is 0 Å². The monoisotopic (exact) mass is 308 g/mol. The molecule has 0 radical (unpaired) electrons. The van der Waals surface area contributed by atoms with Gasteiger partial charge in [-0.3, -0.25) is 0 Å². The molecule has 0 amide bonds. The predicted molar refractivity (Wildman–Crippen MR) is 96.6 cm³/mol. The Morgan fingerprint density at radius 2 is 1.45 bits per heavy atom. The highest BCUT2D eigenvalue weighted by Gasteiger charge is 2.29. The molecule has 1 aliphatic carbocycles. The van der Waals surface area contributed by atoms with E-state index in [1.54, 1.807) is 7.11 Å². The van der Waals surface area contributed by atoms with Crippen LogP contribution in [0.5, 0.6) is 0 Å². The molecule has 2 aromatic carbocycles. The molecule has 0 saturated carbocycles. The predicted octanol–water partition coefficient (Wildman–Crippen LogP) is 4.02. The van der Waals surface area contributed by atoms with E-state index in [1.165, 1.54) is 16.2 Å². The van der Waals surface area contributed by atoms with Crippen LogP contribution >= 0.6 is 7.92 Å². The van der Waals surface area contributed by atoms with Gasteiger partial charge < -0.3 is 4.74 Å². The molecule has 0 heterocycles. The minimum Gasteiger partial charge on any atom is -0.377 e. The number of benzene rings is 2. The first-order valence-corrected chi connectivity index (χ1v) is 9.02.